The van der Waals surface area contributed by atoms with E-state index in [9.17, 15) is 4.79 Å². The molecule has 1 amide bonds. The minimum absolute atomic E-state index is 0.00676. The molecule has 0 unspecified atom stereocenters. The largest absolute Gasteiger partial charge is 0.372 e. The molecule has 3 aromatic rings. The summed E-state index contributed by atoms with van der Waals surface area (Å²) < 4.78 is 0. The van der Waals surface area contributed by atoms with Gasteiger partial charge in [-0.2, -0.15) is 0 Å². The fraction of sp³-hybridized carbons (Fsp3) is 0.241. The van der Waals surface area contributed by atoms with Crippen molar-refractivity contribution < 1.29 is 4.79 Å². The Kier molecular flexibility index (Phi) is 7.84. The minimum atomic E-state index is -0.00676. The zero-order chi connectivity index (χ0) is 25.9. The Bertz CT molecular complexity index is 1350. The van der Waals surface area contributed by atoms with Crippen molar-refractivity contribution in [2.75, 3.05) is 36.5 Å². The van der Waals surface area contributed by atoms with Crippen LogP contribution in [0.15, 0.2) is 92.6 Å². The quantitative estimate of drug-likeness (QED) is 0.288. The summed E-state index contributed by atoms with van der Waals surface area (Å²) in [6.45, 7) is 6.79. The number of hydrogen-bond acceptors (Lipinski definition) is 6. The number of aliphatic imine (C=N–C) groups is 1. The first kappa shape index (κ1) is 25.8. The lowest BCUT2D eigenvalue weighted by Gasteiger charge is -2.21. The molecular formula is C29H29ClN4OS2. The van der Waals surface area contributed by atoms with Crippen LogP contribution in [0.5, 0.6) is 0 Å². The number of halogens is 1. The van der Waals surface area contributed by atoms with E-state index in [4.69, 9.17) is 16.6 Å². The van der Waals surface area contributed by atoms with E-state index in [0.29, 0.717) is 21.6 Å². The lowest BCUT2D eigenvalue weighted by atomic mass is 10.1. The average Bonchev–Trinajstić information content (AvgIpc) is 3.40. The van der Waals surface area contributed by atoms with Crippen LogP contribution in [-0.2, 0) is 11.2 Å². The van der Waals surface area contributed by atoms with Gasteiger partial charge in [0.25, 0.3) is 5.91 Å². The summed E-state index contributed by atoms with van der Waals surface area (Å²) in [7, 11) is 1.99. The third-order valence-corrected chi connectivity index (χ3v) is 9.19. The number of carbonyl (C=O) groups is 1. The second-order valence-electron chi connectivity index (χ2n) is 8.78. The van der Waals surface area contributed by atoms with Crippen molar-refractivity contribution in [3.63, 3.8) is 0 Å². The van der Waals surface area contributed by atoms with Gasteiger partial charge in [-0.1, -0.05) is 53.7 Å². The molecule has 5 nitrogen and oxygen atoms in total. The average molecular weight is 549 g/mol. The van der Waals surface area contributed by atoms with Gasteiger partial charge in [-0.15, -0.1) is 0 Å². The van der Waals surface area contributed by atoms with Crippen LogP contribution in [-0.4, -0.2) is 42.7 Å². The standard InChI is InChI=1S/C29H29ClN4OS2/c1-4-33(5-2)23-14-12-22(13-15-23)31-29-34(18-17-20-9-7-6-8-10-20)27(35)26(37-29)28-32(3)24-19-21(30)11-16-25(24)36-28/h6-16,19H,4-5,17-18H2,1-3H3/b28-26-,31-29?. The summed E-state index contributed by atoms with van der Waals surface area (Å²) in [5.74, 6) is -0.00676. The lowest BCUT2D eigenvalue weighted by molar-refractivity contribution is -0.122. The highest BCUT2D eigenvalue weighted by molar-refractivity contribution is 8.19. The van der Waals surface area contributed by atoms with E-state index in [1.807, 2.05) is 60.5 Å². The van der Waals surface area contributed by atoms with E-state index in [1.54, 1.807) is 11.8 Å². The van der Waals surface area contributed by atoms with Crippen molar-refractivity contribution in [1.29, 1.82) is 0 Å². The Labute approximate surface area is 232 Å². The first-order chi connectivity index (χ1) is 18.0. The number of rotatable bonds is 7. The van der Waals surface area contributed by atoms with Gasteiger partial charge >= 0.3 is 0 Å². The molecule has 0 atom stereocenters. The van der Waals surface area contributed by atoms with E-state index >= 15 is 0 Å². The van der Waals surface area contributed by atoms with Gasteiger partial charge in [-0.3, -0.25) is 9.69 Å². The highest BCUT2D eigenvalue weighted by Crippen LogP contribution is 2.50. The van der Waals surface area contributed by atoms with Crippen molar-refractivity contribution in [1.82, 2.24) is 4.90 Å². The molecule has 1 fully saturated rings. The smallest absolute Gasteiger partial charge is 0.269 e. The zero-order valence-electron chi connectivity index (χ0n) is 21.1. The summed E-state index contributed by atoms with van der Waals surface area (Å²) in [6, 6.07) is 24.4. The molecule has 0 radical (unpaired) electrons. The van der Waals surface area contributed by atoms with E-state index < -0.39 is 0 Å². The number of nitrogens with zero attached hydrogens (tertiary/aromatic N) is 4. The molecule has 2 aliphatic rings. The maximum absolute atomic E-state index is 13.8. The molecule has 0 bridgehead atoms. The predicted molar refractivity (Wildman–Crippen MR) is 159 cm³/mol. The van der Waals surface area contributed by atoms with Gasteiger partial charge in [0.2, 0.25) is 0 Å². The Morgan fingerprint density at radius 3 is 2.38 bits per heavy atom. The van der Waals surface area contributed by atoms with Gasteiger partial charge < -0.3 is 9.80 Å². The maximum Gasteiger partial charge on any atom is 0.269 e. The number of amides is 1. The zero-order valence-corrected chi connectivity index (χ0v) is 23.5. The molecule has 190 valence electrons. The van der Waals surface area contributed by atoms with E-state index in [1.165, 1.54) is 23.0 Å². The first-order valence-corrected chi connectivity index (χ1v) is 14.4. The van der Waals surface area contributed by atoms with E-state index in [-0.39, 0.29) is 5.91 Å². The third kappa shape index (κ3) is 5.40. The molecule has 0 spiro atoms. The number of anilines is 2. The van der Waals surface area contributed by atoms with Gasteiger partial charge in [0.1, 0.15) is 4.91 Å². The Hall–Kier alpha value is -2.87. The van der Waals surface area contributed by atoms with Gasteiger partial charge in [-0.25, -0.2) is 4.99 Å². The molecule has 2 heterocycles. The van der Waals surface area contributed by atoms with Crippen LogP contribution >= 0.6 is 35.1 Å². The molecule has 1 saturated heterocycles. The maximum atomic E-state index is 13.8. The number of benzene rings is 3. The third-order valence-electron chi connectivity index (χ3n) is 6.52. The predicted octanol–water partition coefficient (Wildman–Crippen LogP) is 7.40. The molecule has 2 aliphatic heterocycles. The second-order valence-corrected chi connectivity index (χ2v) is 11.2. The van der Waals surface area contributed by atoms with E-state index in [2.05, 4.69) is 47.9 Å². The van der Waals surface area contributed by atoms with Crippen molar-refractivity contribution in [3.05, 3.63) is 93.3 Å². The summed E-state index contributed by atoms with van der Waals surface area (Å²) in [5, 5.41) is 2.31. The fourth-order valence-corrected chi connectivity index (χ4v) is 6.97. The van der Waals surface area contributed by atoms with Gasteiger partial charge in [0.05, 0.1) is 16.4 Å². The van der Waals surface area contributed by atoms with Crippen molar-refractivity contribution >= 4 is 63.3 Å². The number of thioether (sulfide) groups is 2. The molecule has 37 heavy (non-hydrogen) atoms. The van der Waals surface area contributed by atoms with Crippen LogP contribution in [0.3, 0.4) is 0 Å². The number of amidine groups is 1. The molecule has 3 aromatic carbocycles. The van der Waals surface area contributed by atoms with Gasteiger partial charge in [0.15, 0.2) is 5.17 Å². The summed E-state index contributed by atoms with van der Waals surface area (Å²) in [4.78, 5) is 26.7. The Morgan fingerprint density at radius 2 is 1.68 bits per heavy atom. The van der Waals surface area contributed by atoms with Crippen LogP contribution in [0.25, 0.3) is 0 Å². The Morgan fingerprint density at radius 1 is 0.946 bits per heavy atom. The molecular weight excluding hydrogens is 520 g/mol. The second kappa shape index (κ2) is 11.3. The fourth-order valence-electron chi connectivity index (χ4n) is 4.46. The van der Waals surface area contributed by atoms with Crippen molar-refractivity contribution in [3.8, 4) is 0 Å². The van der Waals surface area contributed by atoms with E-state index in [0.717, 1.165) is 40.8 Å². The molecule has 8 heteroatoms. The normalized spacial score (nSPS) is 18.2. The summed E-state index contributed by atoms with van der Waals surface area (Å²) in [5.41, 5.74) is 4.22. The van der Waals surface area contributed by atoms with Crippen LogP contribution in [0.2, 0.25) is 5.02 Å². The highest BCUT2D eigenvalue weighted by Gasteiger charge is 2.39. The molecule has 0 aromatic heterocycles. The van der Waals surface area contributed by atoms with Crippen LogP contribution < -0.4 is 9.80 Å². The summed E-state index contributed by atoms with van der Waals surface area (Å²) in [6.07, 6.45) is 0.758. The van der Waals surface area contributed by atoms with Crippen LogP contribution in [0.1, 0.15) is 19.4 Å². The van der Waals surface area contributed by atoms with Crippen molar-refractivity contribution in [2.45, 2.75) is 25.2 Å². The topological polar surface area (TPSA) is 39.1 Å². The SMILES string of the molecule is CCN(CC)c1ccc(N=C2S/C(=C3\Sc4ccc(Cl)cc4N3C)C(=O)N2CCc2ccccc2)cc1. The van der Waals surface area contributed by atoms with Gasteiger partial charge in [0, 0.05) is 42.3 Å². The number of carbonyl (C=O) groups excluding carboxylic acids is 1. The monoisotopic (exact) mass is 548 g/mol. The molecule has 0 aliphatic carbocycles. The molecule has 0 saturated carbocycles. The number of hydrogen-bond donors (Lipinski definition) is 0. The van der Waals surface area contributed by atoms with Crippen LogP contribution in [0, 0.1) is 0 Å². The Balaban J connectivity index is 1.47. The lowest BCUT2D eigenvalue weighted by Crippen LogP contribution is -2.31. The number of fused-ring (bicyclic) bond motifs is 1. The van der Waals surface area contributed by atoms with Crippen molar-refractivity contribution in [2.24, 2.45) is 4.99 Å². The molecule has 0 N–H and O–H groups in total. The minimum Gasteiger partial charge on any atom is -0.372 e. The van der Waals surface area contributed by atoms with Gasteiger partial charge in [-0.05, 0) is 80.1 Å². The summed E-state index contributed by atoms with van der Waals surface area (Å²) >= 11 is 9.31. The van der Waals surface area contributed by atoms with Crippen LogP contribution in [0.4, 0.5) is 17.1 Å². The molecule has 5 rings (SSSR count). The highest BCUT2D eigenvalue weighted by atomic mass is 35.5. The first-order valence-electron chi connectivity index (χ1n) is 12.4.